The van der Waals surface area contributed by atoms with E-state index in [1.165, 1.54) is 22.5 Å². The number of sulfone groups is 1. The highest BCUT2D eigenvalue weighted by Gasteiger charge is 2.63. The monoisotopic (exact) mass is 377 g/mol. The lowest BCUT2D eigenvalue weighted by atomic mass is 10.1. The molecule has 0 aromatic heterocycles. The predicted molar refractivity (Wildman–Crippen MR) is 89.5 cm³/mol. The van der Waals surface area contributed by atoms with Crippen molar-refractivity contribution < 1.29 is 16.8 Å². The van der Waals surface area contributed by atoms with Gasteiger partial charge in [-0.3, -0.25) is 0 Å². The Kier molecular flexibility index (Phi) is 3.87. The number of sulfonamides is 1. The molecule has 1 aromatic rings. The Labute approximate surface area is 142 Å². The molecule has 8 heteroatoms. The highest BCUT2D eigenvalue weighted by atomic mass is 35.5. The first kappa shape index (κ1) is 17.2. The van der Waals surface area contributed by atoms with Crippen molar-refractivity contribution in [3.05, 3.63) is 28.8 Å². The lowest BCUT2D eigenvalue weighted by molar-refractivity contribution is 0.364. The number of halogens is 1. The van der Waals surface area contributed by atoms with Gasteiger partial charge in [-0.2, -0.15) is 4.31 Å². The molecule has 23 heavy (non-hydrogen) atoms. The molecule has 0 bridgehead atoms. The Morgan fingerprint density at radius 3 is 2.26 bits per heavy atom. The summed E-state index contributed by atoms with van der Waals surface area (Å²) in [5.74, 6) is 0.454. The summed E-state index contributed by atoms with van der Waals surface area (Å²) in [6.45, 7) is 5.29. The third-order valence-electron chi connectivity index (χ3n) is 5.15. The van der Waals surface area contributed by atoms with Gasteiger partial charge >= 0.3 is 0 Å². The second-order valence-corrected chi connectivity index (χ2v) is 11.7. The molecule has 128 valence electrons. The first-order valence-corrected chi connectivity index (χ1v) is 11.3. The van der Waals surface area contributed by atoms with Gasteiger partial charge in [0.05, 0.1) is 10.6 Å². The van der Waals surface area contributed by atoms with Crippen molar-refractivity contribution in [1.82, 2.24) is 4.31 Å². The van der Waals surface area contributed by atoms with Crippen LogP contribution < -0.4 is 0 Å². The molecule has 2 unspecified atom stereocenters. The largest absolute Gasteiger partial charge is 0.243 e. The summed E-state index contributed by atoms with van der Waals surface area (Å²) in [4.78, 5) is 0.00883. The summed E-state index contributed by atoms with van der Waals surface area (Å²) in [6.07, 6.45) is 1.09. The number of benzene rings is 1. The van der Waals surface area contributed by atoms with Gasteiger partial charge in [-0.15, -0.1) is 0 Å². The van der Waals surface area contributed by atoms with Gasteiger partial charge in [-0.1, -0.05) is 31.5 Å². The van der Waals surface area contributed by atoms with E-state index in [1.54, 1.807) is 0 Å². The van der Waals surface area contributed by atoms with E-state index in [9.17, 15) is 16.8 Å². The average Bonchev–Trinajstić information content (AvgIpc) is 2.78. The Morgan fingerprint density at radius 2 is 1.74 bits per heavy atom. The zero-order chi connectivity index (χ0) is 17.2. The van der Waals surface area contributed by atoms with Crippen molar-refractivity contribution in [3.8, 4) is 0 Å². The fourth-order valence-electron chi connectivity index (χ4n) is 3.60. The first-order valence-electron chi connectivity index (χ1n) is 7.39. The molecule has 2 atom stereocenters. The third kappa shape index (κ3) is 3.04. The molecule has 1 saturated heterocycles. The maximum Gasteiger partial charge on any atom is 0.243 e. The minimum absolute atomic E-state index is 0.00883. The number of rotatable bonds is 4. The average molecular weight is 378 g/mol. The fraction of sp³-hybridized carbons (Fsp3) is 0.600. The van der Waals surface area contributed by atoms with E-state index in [2.05, 4.69) is 13.8 Å². The van der Waals surface area contributed by atoms with Gasteiger partial charge in [0.15, 0.2) is 9.84 Å². The molecule has 3 rings (SSSR count). The molecular weight excluding hydrogens is 358 g/mol. The van der Waals surface area contributed by atoms with E-state index in [0.717, 1.165) is 6.26 Å². The second-order valence-electron chi connectivity index (χ2n) is 7.18. The minimum Gasteiger partial charge on any atom is -0.229 e. The highest BCUT2D eigenvalue weighted by Crippen LogP contribution is 2.62. The van der Waals surface area contributed by atoms with E-state index in [0.29, 0.717) is 24.9 Å². The van der Waals surface area contributed by atoms with Gasteiger partial charge in [0, 0.05) is 24.4 Å². The van der Waals surface area contributed by atoms with Crippen LogP contribution in [0, 0.1) is 17.3 Å². The molecule has 0 N–H and O–H groups in total. The van der Waals surface area contributed by atoms with E-state index in [-0.39, 0.29) is 26.6 Å². The van der Waals surface area contributed by atoms with E-state index < -0.39 is 19.9 Å². The van der Waals surface area contributed by atoms with Crippen LogP contribution in [0.1, 0.15) is 19.4 Å². The van der Waals surface area contributed by atoms with Crippen LogP contribution >= 0.6 is 11.6 Å². The molecule has 1 aliphatic heterocycles. The topological polar surface area (TPSA) is 71.5 Å². The van der Waals surface area contributed by atoms with Crippen molar-refractivity contribution in [1.29, 1.82) is 0 Å². The van der Waals surface area contributed by atoms with Gasteiger partial charge in [0.1, 0.15) is 0 Å². The molecule has 2 fully saturated rings. The van der Waals surface area contributed by atoms with Crippen molar-refractivity contribution in [2.45, 2.75) is 24.5 Å². The SMILES string of the molecule is CC1(C)C2CN(S(=O)(=O)c3cc(Cl)ccc3CS(C)(=O)=O)CC21. The van der Waals surface area contributed by atoms with Crippen molar-refractivity contribution >= 4 is 31.5 Å². The van der Waals surface area contributed by atoms with Crippen LogP contribution in [0.3, 0.4) is 0 Å². The Morgan fingerprint density at radius 1 is 1.17 bits per heavy atom. The number of piperidine rings is 1. The summed E-state index contributed by atoms with van der Waals surface area (Å²) in [5.41, 5.74) is 0.479. The molecule has 1 aliphatic carbocycles. The van der Waals surface area contributed by atoms with E-state index in [4.69, 9.17) is 11.6 Å². The van der Waals surface area contributed by atoms with Gasteiger partial charge in [-0.25, -0.2) is 16.8 Å². The lowest BCUT2D eigenvalue weighted by Gasteiger charge is -2.23. The lowest BCUT2D eigenvalue weighted by Crippen LogP contribution is -2.33. The summed E-state index contributed by atoms with van der Waals surface area (Å²) < 4.78 is 50.5. The molecule has 2 aliphatic rings. The molecular formula is C15H20ClNO4S2. The smallest absolute Gasteiger partial charge is 0.229 e. The number of nitrogens with zero attached hydrogens (tertiary/aromatic N) is 1. The Hall–Kier alpha value is -0.630. The molecule has 5 nitrogen and oxygen atoms in total. The minimum atomic E-state index is -3.73. The Balaban J connectivity index is 1.96. The molecule has 0 amide bonds. The summed E-state index contributed by atoms with van der Waals surface area (Å²) in [7, 11) is -7.08. The van der Waals surface area contributed by atoms with Crippen LogP contribution in [-0.2, 0) is 25.6 Å². The normalized spacial score (nSPS) is 27.0. The predicted octanol–water partition coefficient (Wildman–Crippen LogP) is 2.16. The third-order valence-corrected chi connectivity index (χ3v) is 8.14. The highest BCUT2D eigenvalue weighted by molar-refractivity contribution is 7.90. The number of hydrogen-bond acceptors (Lipinski definition) is 4. The molecule has 0 radical (unpaired) electrons. The van der Waals surface area contributed by atoms with Crippen molar-refractivity contribution in [2.24, 2.45) is 17.3 Å². The van der Waals surface area contributed by atoms with Gasteiger partial charge in [0.2, 0.25) is 10.0 Å². The summed E-state index contributed by atoms with van der Waals surface area (Å²) in [5, 5.41) is 0.283. The zero-order valence-corrected chi connectivity index (χ0v) is 15.7. The van der Waals surface area contributed by atoms with Crippen LogP contribution in [0.25, 0.3) is 0 Å². The van der Waals surface area contributed by atoms with Crippen LogP contribution in [0.4, 0.5) is 0 Å². The second kappa shape index (κ2) is 5.18. The zero-order valence-electron chi connectivity index (χ0n) is 13.3. The molecule has 1 heterocycles. The maximum absolute atomic E-state index is 12.9. The van der Waals surface area contributed by atoms with Crippen LogP contribution in [0.5, 0.6) is 0 Å². The standard InChI is InChI=1S/C15H20ClNO4S2/c1-15(2)12-7-17(8-13(12)15)23(20,21)14-6-11(16)5-4-10(14)9-22(3,18)19/h4-6,12-13H,7-9H2,1-3H3. The van der Waals surface area contributed by atoms with Crippen LogP contribution in [0.2, 0.25) is 5.02 Å². The van der Waals surface area contributed by atoms with Crippen molar-refractivity contribution in [3.63, 3.8) is 0 Å². The van der Waals surface area contributed by atoms with Crippen LogP contribution in [0.15, 0.2) is 23.1 Å². The number of fused-ring (bicyclic) bond motifs is 1. The van der Waals surface area contributed by atoms with Gasteiger partial charge in [-0.05, 0) is 34.9 Å². The van der Waals surface area contributed by atoms with E-state index >= 15 is 0 Å². The van der Waals surface area contributed by atoms with Gasteiger partial charge in [0.25, 0.3) is 0 Å². The van der Waals surface area contributed by atoms with E-state index in [1.807, 2.05) is 0 Å². The summed E-state index contributed by atoms with van der Waals surface area (Å²) >= 11 is 5.95. The molecule has 1 aromatic carbocycles. The maximum atomic E-state index is 12.9. The van der Waals surface area contributed by atoms with Gasteiger partial charge < -0.3 is 0 Å². The fourth-order valence-corrected chi connectivity index (χ4v) is 6.49. The molecule has 1 saturated carbocycles. The Bertz CT molecular complexity index is 847. The summed E-state index contributed by atoms with van der Waals surface area (Å²) in [6, 6.07) is 4.36. The first-order chi connectivity index (χ1) is 10.4. The van der Waals surface area contributed by atoms with Crippen LogP contribution in [-0.4, -0.2) is 40.5 Å². The number of hydrogen-bond donors (Lipinski definition) is 0. The van der Waals surface area contributed by atoms with Crippen molar-refractivity contribution in [2.75, 3.05) is 19.3 Å². The molecule has 0 spiro atoms. The quantitative estimate of drug-likeness (QED) is 0.806.